The van der Waals surface area contributed by atoms with Crippen molar-refractivity contribution in [1.29, 1.82) is 0 Å². The van der Waals surface area contributed by atoms with Crippen LogP contribution in [0.2, 0.25) is 5.02 Å². The van der Waals surface area contributed by atoms with E-state index in [-0.39, 0.29) is 11.3 Å². The van der Waals surface area contributed by atoms with E-state index >= 15 is 0 Å². The van der Waals surface area contributed by atoms with E-state index in [9.17, 15) is 4.79 Å². The molecule has 8 heteroatoms. The predicted octanol–water partition coefficient (Wildman–Crippen LogP) is 4.93. The fraction of sp³-hybridized carbons (Fsp3) is 0.321. The van der Waals surface area contributed by atoms with Crippen molar-refractivity contribution in [3.05, 3.63) is 77.1 Å². The van der Waals surface area contributed by atoms with Crippen molar-refractivity contribution in [2.75, 3.05) is 38.5 Å². The van der Waals surface area contributed by atoms with Gasteiger partial charge in [0.2, 0.25) is 11.9 Å². The van der Waals surface area contributed by atoms with Crippen molar-refractivity contribution >= 4 is 40.2 Å². The summed E-state index contributed by atoms with van der Waals surface area (Å²) in [7, 11) is 2.11. The number of rotatable bonds is 5. The zero-order chi connectivity index (χ0) is 24.9. The number of carbonyl (C=O) groups excluding carboxylic acids is 1. The molecule has 0 atom stereocenters. The number of hydrogen-bond donors (Lipinski definition) is 1. The van der Waals surface area contributed by atoms with Crippen molar-refractivity contribution in [3.8, 4) is 5.69 Å². The average molecular weight is 501 g/mol. The van der Waals surface area contributed by atoms with Crippen LogP contribution in [-0.4, -0.2) is 63.5 Å². The topological polar surface area (TPSA) is 66.3 Å². The molecule has 7 nitrogen and oxygen atoms in total. The molecule has 0 radical (unpaired) electrons. The van der Waals surface area contributed by atoms with Gasteiger partial charge in [0.05, 0.1) is 5.41 Å². The van der Waals surface area contributed by atoms with E-state index in [2.05, 4.69) is 51.1 Å². The molecule has 2 aromatic heterocycles. The Kier molecular flexibility index (Phi) is 5.69. The molecule has 2 aromatic carbocycles. The van der Waals surface area contributed by atoms with E-state index in [1.54, 1.807) is 0 Å². The number of carbonyl (C=O) groups is 1. The van der Waals surface area contributed by atoms with Gasteiger partial charge in [-0.15, -0.1) is 0 Å². The van der Waals surface area contributed by atoms with Crippen LogP contribution in [0.1, 0.15) is 24.0 Å². The summed E-state index contributed by atoms with van der Waals surface area (Å²) in [6.45, 7) is 5.49. The van der Waals surface area contributed by atoms with Crippen LogP contribution in [0, 0.1) is 6.92 Å². The van der Waals surface area contributed by atoms with Gasteiger partial charge < -0.3 is 19.7 Å². The summed E-state index contributed by atoms with van der Waals surface area (Å²) in [5, 5.41) is 4.90. The van der Waals surface area contributed by atoms with Crippen LogP contribution < -0.4 is 5.32 Å². The number of benzene rings is 2. The summed E-state index contributed by atoms with van der Waals surface area (Å²) in [6, 6.07) is 16.2. The zero-order valence-electron chi connectivity index (χ0n) is 20.5. The smallest absolute Gasteiger partial charge is 0.233 e. The Hall–Kier alpha value is -3.42. The van der Waals surface area contributed by atoms with E-state index in [4.69, 9.17) is 16.6 Å². The van der Waals surface area contributed by atoms with Crippen LogP contribution in [0.4, 0.5) is 11.6 Å². The van der Waals surface area contributed by atoms with Crippen LogP contribution in [0.25, 0.3) is 16.7 Å². The number of hydrogen-bond acceptors (Lipinski definition) is 5. The average Bonchev–Trinajstić information content (AvgIpc) is 3.60. The molecular weight excluding hydrogens is 472 g/mol. The largest absolute Gasteiger partial charge is 0.339 e. The molecule has 1 aliphatic carbocycles. The number of amides is 1. The minimum Gasteiger partial charge on any atom is -0.339 e. The standard InChI is InChI=1S/C28H29ClN6O/c1-19-3-6-22(17-24(19)29)31-27-30-18-20-9-12-35(25(20)32-27)23-7-4-21(5-8-23)28(10-11-28)26(36)34-15-13-33(2)14-16-34/h3-9,12,17-18H,10-11,13-16H2,1-2H3,(H,30,31,32). The minimum atomic E-state index is -0.345. The molecule has 0 unspecified atom stereocenters. The molecule has 0 spiro atoms. The number of anilines is 2. The second kappa shape index (κ2) is 8.91. The Bertz CT molecular complexity index is 1430. The molecule has 4 aromatic rings. The maximum absolute atomic E-state index is 13.4. The summed E-state index contributed by atoms with van der Waals surface area (Å²) >= 11 is 6.27. The normalized spacial score (nSPS) is 17.4. The Morgan fingerprint density at radius 3 is 2.47 bits per heavy atom. The first-order chi connectivity index (χ1) is 17.4. The van der Waals surface area contributed by atoms with Crippen molar-refractivity contribution in [2.45, 2.75) is 25.2 Å². The monoisotopic (exact) mass is 500 g/mol. The summed E-state index contributed by atoms with van der Waals surface area (Å²) in [4.78, 5) is 26.9. The highest BCUT2D eigenvalue weighted by Gasteiger charge is 2.53. The molecule has 1 saturated heterocycles. The number of likely N-dealkylation sites (N-methyl/N-ethyl adjacent to an activating group) is 1. The molecule has 36 heavy (non-hydrogen) atoms. The van der Waals surface area contributed by atoms with Gasteiger partial charge in [-0.2, -0.15) is 4.98 Å². The van der Waals surface area contributed by atoms with Gasteiger partial charge in [-0.3, -0.25) is 4.79 Å². The van der Waals surface area contributed by atoms with Crippen molar-refractivity contribution < 1.29 is 4.79 Å². The highest BCUT2D eigenvalue weighted by molar-refractivity contribution is 6.31. The number of piperazine rings is 1. The second-order valence-corrected chi connectivity index (χ2v) is 10.4. The van der Waals surface area contributed by atoms with E-state index in [1.807, 2.05) is 48.5 Å². The van der Waals surface area contributed by atoms with E-state index in [1.165, 1.54) is 0 Å². The van der Waals surface area contributed by atoms with Crippen LogP contribution >= 0.6 is 11.6 Å². The number of fused-ring (bicyclic) bond motifs is 1. The van der Waals surface area contributed by atoms with Gasteiger partial charge in [-0.25, -0.2) is 4.98 Å². The van der Waals surface area contributed by atoms with Gasteiger partial charge in [0.15, 0.2) is 0 Å². The van der Waals surface area contributed by atoms with Crippen molar-refractivity contribution in [2.24, 2.45) is 0 Å². The van der Waals surface area contributed by atoms with E-state index in [0.717, 1.165) is 72.6 Å². The molecular formula is C28H29ClN6O. The lowest BCUT2D eigenvalue weighted by atomic mass is 9.93. The van der Waals surface area contributed by atoms with Crippen LogP contribution in [0.5, 0.6) is 0 Å². The number of aromatic nitrogens is 3. The van der Waals surface area contributed by atoms with Gasteiger partial charge in [0, 0.05) is 60.4 Å². The molecule has 3 heterocycles. The lowest BCUT2D eigenvalue weighted by Crippen LogP contribution is -2.50. The Labute approximate surface area is 215 Å². The summed E-state index contributed by atoms with van der Waals surface area (Å²) < 4.78 is 2.05. The van der Waals surface area contributed by atoms with Gasteiger partial charge in [-0.05, 0) is 68.3 Å². The maximum Gasteiger partial charge on any atom is 0.233 e. The lowest BCUT2D eigenvalue weighted by Gasteiger charge is -2.35. The number of halogens is 1. The first-order valence-corrected chi connectivity index (χ1v) is 12.8. The fourth-order valence-corrected chi connectivity index (χ4v) is 5.17. The minimum absolute atomic E-state index is 0.287. The van der Waals surface area contributed by atoms with Gasteiger partial charge >= 0.3 is 0 Å². The third-order valence-electron chi connectivity index (χ3n) is 7.50. The van der Waals surface area contributed by atoms with Crippen LogP contribution in [0.3, 0.4) is 0 Å². The Morgan fingerprint density at radius 1 is 1.03 bits per heavy atom. The second-order valence-electron chi connectivity index (χ2n) is 9.97. The quantitative estimate of drug-likeness (QED) is 0.421. The lowest BCUT2D eigenvalue weighted by molar-refractivity contribution is -0.135. The van der Waals surface area contributed by atoms with Crippen molar-refractivity contribution in [3.63, 3.8) is 0 Å². The van der Waals surface area contributed by atoms with Gasteiger partial charge in [0.1, 0.15) is 5.65 Å². The van der Waals surface area contributed by atoms with Crippen molar-refractivity contribution in [1.82, 2.24) is 24.3 Å². The molecule has 1 amide bonds. The molecule has 1 aliphatic heterocycles. The highest BCUT2D eigenvalue weighted by Crippen LogP contribution is 2.50. The molecule has 0 bridgehead atoms. The molecule has 1 N–H and O–H groups in total. The van der Waals surface area contributed by atoms with Gasteiger partial charge in [0.25, 0.3) is 0 Å². The SMILES string of the molecule is Cc1ccc(Nc2ncc3ccn(-c4ccc(C5(C(=O)N6CCN(C)CC6)CC5)cc4)c3n2)cc1Cl. The number of aryl methyl sites for hydroxylation is 1. The maximum atomic E-state index is 13.4. The predicted molar refractivity (Wildman–Crippen MR) is 143 cm³/mol. The summed E-state index contributed by atoms with van der Waals surface area (Å²) in [6.07, 6.45) is 5.67. The Morgan fingerprint density at radius 2 is 1.78 bits per heavy atom. The number of nitrogens with one attached hydrogen (secondary N) is 1. The Balaban J connectivity index is 1.24. The van der Waals surface area contributed by atoms with E-state index in [0.29, 0.717) is 11.0 Å². The molecule has 2 fully saturated rings. The van der Waals surface area contributed by atoms with E-state index < -0.39 is 0 Å². The molecule has 6 rings (SSSR count). The number of nitrogens with zero attached hydrogens (tertiary/aromatic N) is 5. The third kappa shape index (κ3) is 4.12. The van der Waals surface area contributed by atoms with Crippen LogP contribution in [-0.2, 0) is 10.2 Å². The summed E-state index contributed by atoms with van der Waals surface area (Å²) in [5.41, 5.74) is 4.44. The molecule has 184 valence electrons. The summed E-state index contributed by atoms with van der Waals surface area (Å²) in [5.74, 6) is 0.795. The third-order valence-corrected chi connectivity index (χ3v) is 7.91. The first-order valence-electron chi connectivity index (χ1n) is 12.4. The fourth-order valence-electron chi connectivity index (χ4n) is 4.99. The zero-order valence-corrected chi connectivity index (χ0v) is 21.3. The highest BCUT2D eigenvalue weighted by atomic mass is 35.5. The van der Waals surface area contributed by atoms with Crippen LogP contribution in [0.15, 0.2) is 60.9 Å². The molecule has 2 aliphatic rings. The van der Waals surface area contributed by atoms with Gasteiger partial charge in [-0.1, -0.05) is 29.8 Å². The first kappa shape index (κ1) is 23.0. The molecule has 1 saturated carbocycles.